The number of hydrogen-bond acceptors (Lipinski definition) is 3. The Morgan fingerprint density at radius 1 is 1.33 bits per heavy atom. The minimum absolute atomic E-state index is 0.209. The fraction of sp³-hybridized carbons (Fsp3) is 0.625. The molecule has 1 saturated heterocycles. The Kier molecular flexibility index (Phi) is 6.39. The van der Waals surface area contributed by atoms with Crippen LogP contribution >= 0.6 is 0 Å². The molecule has 0 bridgehead atoms. The van der Waals surface area contributed by atoms with Crippen molar-refractivity contribution < 1.29 is 18.3 Å². The monoisotopic (exact) mass is 299 g/mol. The highest BCUT2D eigenvalue weighted by molar-refractivity contribution is 5.27. The van der Waals surface area contributed by atoms with E-state index in [1.807, 2.05) is 12.1 Å². The van der Waals surface area contributed by atoms with E-state index in [0.717, 1.165) is 44.6 Å². The highest BCUT2D eigenvalue weighted by Gasteiger charge is 2.15. The molecule has 1 heterocycles. The van der Waals surface area contributed by atoms with Gasteiger partial charge in [-0.3, -0.25) is 0 Å². The fourth-order valence-corrected chi connectivity index (χ4v) is 2.43. The average Bonchev–Trinajstić information content (AvgIpc) is 2.97. The number of benzene rings is 1. The Hall–Kier alpha value is -1.20. The van der Waals surface area contributed by atoms with Gasteiger partial charge in [0, 0.05) is 19.2 Å². The highest BCUT2D eigenvalue weighted by Crippen LogP contribution is 2.16. The summed E-state index contributed by atoms with van der Waals surface area (Å²) < 4.78 is 33.8. The first-order chi connectivity index (χ1) is 10.1. The molecule has 5 heteroatoms. The number of ether oxygens (including phenoxy) is 2. The predicted molar refractivity (Wildman–Crippen MR) is 77.8 cm³/mol. The third kappa shape index (κ3) is 5.98. The van der Waals surface area contributed by atoms with Crippen LogP contribution in [-0.4, -0.2) is 32.4 Å². The molecule has 0 aliphatic carbocycles. The Labute approximate surface area is 124 Å². The van der Waals surface area contributed by atoms with Gasteiger partial charge < -0.3 is 14.8 Å². The van der Waals surface area contributed by atoms with Gasteiger partial charge in [-0.25, -0.2) is 0 Å². The standard InChI is InChI=1S/C16H23F2NO2/c1-12(19-10-14-8-9-20-11-14)2-3-13-4-6-15(7-5-13)21-16(17)18/h4-7,12,14,16,19H,2-3,8-11H2,1H3. The van der Waals surface area contributed by atoms with E-state index in [4.69, 9.17) is 4.74 Å². The molecular formula is C16H23F2NO2. The van der Waals surface area contributed by atoms with Crippen molar-refractivity contribution in [3.8, 4) is 5.75 Å². The molecular weight excluding hydrogens is 276 g/mol. The van der Waals surface area contributed by atoms with Crippen molar-refractivity contribution in [1.29, 1.82) is 0 Å². The predicted octanol–water partition coefficient (Wildman–Crippen LogP) is 3.24. The van der Waals surface area contributed by atoms with E-state index in [-0.39, 0.29) is 5.75 Å². The Balaban J connectivity index is 1.66. The molecule has 0 saturated carbocycles. The Bertz CT molecular complexity index is 405. The third-order valence-electron chi connectivity index (χ3n) is 3.79. The van der Waals surface area contributed by atoms with Crippen LogP contribution in [0.3, 0.4) is 0 Å². The first-order valence-corrected chi connectivity index (χ1v) is 7.48. The molecule has 0 radical (unpaired) electrons. The molecule has 1 fully saturated rings. The SMILES string of the molecule is CC(CCc1ccc(OC(F)F)cc1)NCC1CCOC1. The van der Waals surface area contributed by atoms with Gasteiger partial charge in [-0.1, -0.05) is 12.1 Å². The quantitative estimate of drug-likeness (QED) is 0.799. The number of hydrogen-bond donors (Lipinski definition) is 1. The van der Waals surface area contributed by atoms with E-state index in [9.17, 15) is 8.78 Å². The number of aryl methyl sites for hydroxylation is 1. The minimum atomic E-state index is -2.76. The summed E-state index contributed by atoms with van der Waals surface area (Å²) >= 11 is 0. The summed E-state index contributed by atoms with van der Waals surface area (Å²) in [6.07, 6.45) is 3.08. The molecule has 2 atom stereocenters. The molecule has 1 N–H and O–H groups in total. The van der Waals surface area contributed by atoms with E-state index < -0.39 is 6.61 Å². The van der Waals surface area contributed by atoms with Gasteiger partial charge in [0.2, 0.25) is 0 Å². The molecule has 2 rings (SSSR count). The van der Waals surface area contributed by atoms with Gasteiger partial charge in [0.15, 0.2) is 0 Å². The molecule has 3 nitrogen and oxygen atoms in total. The molecule has 118 valence electrons. The van der Waals surface area contributed by atoms with Crippen LogP contribution in [0.15, 0.2) is 24.3 Å². The summed E-state index contributed by atoms with van der Waals surface area (Å²) in [5, 5.41) is 3.53. The van der Waals surface area contributed by atoms with E-state index in [1.165, 1.54) is 0 Å². The summed E-state index contributed by atoms with van der Waals surface area (Å²) in [5.41, 5.74) is 1.13. The van der Waals surface area contributed by atoms with Crippen LogP contribution in [-0.2, 0) is 11.2 Å². The van der Waals surface area contributed by atoms with E-state index in [2.05, 4.69) is 17.0 Å². The zero-order valence-corrected chi connectivity index (χ0v) is 12.4. The Morgan fingerprint density at radius 2 is 2.10 bits per heavy atom. The maximum absolute atomic E-state index is 12.0. The van der Waals surface area contributed by atoms with Gasteiger partial charge in [-0.2, -0.15) is 8.78 Å². The van der Waals surface area contributed by atoms with Gasteiger partial charge in [-0.05, 0) is 49.8 Å². The lowest BCUT2D eigenvalue weighted by atomic mass is 10.0. The second-order valence-corrected chi connectivity index (χ2v) is 5.60. The van der Waals surface area contributed by atoms with Crippen LogP contribution in [0.5, 0.6) is 5.75 Å². The normalized spacial score (nSPS) is 19.9. The second-order valence-electron chi connectivity index (χ2n) is 5.60. The molecule has 1 aromatic carbocycles. The molecule has 1 aliphatic rings. The lowest BCUT2D eigenvalue weighted by Crippen LogP contribution is -2.31. The second kappa shape index (κ2) is 8.29. The summed E-state index contributed by atoms with van der Waals surface area (Å²) in [6.45, 7) is 2.16. The van der Waals surface area contributed by atoms with Crippen LogP contribution < -0.4 is 10.1 Å². The average molecular weight is 299 g/mol. The molecule has 0 amide bonds. The highest BCUT2D eigenvalue weighted by atomic mass is 19.3. The summed E-state index contributed by atoms with van der Waals surface area (Å²) in [7, 11) is 0. The number of rotatable bonds is 8. The van der Waals surface area contributed by atoms with Crippen molar-refractivity contribution >= 4 is 0 Å². The van der Waals surface area contributed by atoms with Crippen molar-refractivity contribution in [2.75, 3.05) is 19.8 Å². The topological polar surface area (TPSA) is 30.5 Å². The van der Waals surface area contributed by atoms with Crippen molar-refractivity contribution in [1.82, 2.24) is 5.32 Å². The summed E-state index contributed by atoms with van der Waals surface area (Å²) in [6, 6.07) is 7.30. The molecule has 21 heavy (non-hydrogen) atoms. The smallest absolute Gasteiger partial charge is 0.387 e. The molecule has 1 aliphatic heterocycles. The van der Waals surface area contributed by atoms with Gasteiger partial charge in [0.05, 0.1) is 6.61 Å². The third-order valence-corrected chi connectivity index (χ3v) is 3.79. The van der Waals surface area contributed by atoms with Crippen LogP contribution in [0.1, 0.15) is 25.3 Å². The van der Waals surface area contributed by atoms with Crippen LogP contribution in [0.4, 0.5) is 8.78 Å². The largest absolute Gasteiger partial charge is 0.435 e. The zero-order chi connectivity index (χ0) is 15.1. The van der Waals surface area contributed by atoms with Crippen LogP contribution in [0.2, 0.25) is 0 Å². The van der Waals surface area contributed by atoms with E-state index in [0.29, 0.717) is 12.0 Å². The van der Waals surface area contributed by atoms with Gasteiger partial charge in [0.1, 0.15) is 5.75 Å². The zero-order valence-electron chi connectivity index (χ0n) is 12.4. The van der Waals surface area contributed by atoms with Crippen molar-refractivity contribution in [3.63, 3.8) is 0 Å². The number of nitrogens with one attached hydrogen (secondary N) is 1. The van der Waals surface area contributed by atoms with Crippen LogP contribution in [0.25, 0.3) is 0 Å². The van der Waals surface area contributed by atoms with E-state index >= 15 is 0 Å². The fourth-order valence-electron chi connectivity index (χ4n) is 2.43. The summed E-state index contributed by atoms with van der Waals surface area (Å²) in [5.74, 6) is 0.847. The lowest BCUT2D eigenvalue weighted by molar-refractivity contribution is -0.0498. The Morgan fingerprint density at radius 3 is 2.71 bits per heavy atom. The molecule has 0 aromatic heterocycles. The van der Waals surface area contributed by atoms with Crippen molar-refractivity contribution in [2.45, 2.75) is 38.8 Å². The van der Waals surface area contributed by atoms with Gasteiger partial charge in [0.25, 0.3) is 0 Å². The number of halogens is 2. The minimum Gasteiger partial charge on any atom is -0.435 e. The van der Waals surface area contributed by atoms with Crippen molar-refractivity contribution in [3.05, 3.63) is 29.8 Å². The number of alkyl halides is 2. The molecule has 1 aromatic rings. The maximum Gasteiger partial charge on any atom is 0.387 e. The van der Waals surface area contributed by atoms with Crippen LogP contribution in [0, 0.1) is 5.92 Å². The lowest BCUT2D eigenvalue weighted by Gasteiger charge is -2.16. The van der Waals surface area contributed by atoms with Gasteiger partial charge in [-0.15, -0.1) is 0 Å². The molecule has 0 spiro atoms. The van der Waals surface area contributed by atoms with E-state index in [1.54, 1.807) is 12.1 Å². The first kappa shape index (κ1) is 16.2. The van der Waals surface area contributed by atoms with Crippen molar-refractivity contribution in [2.24, 2.45) is 5.92 Å². The maximum atomic E-state index is 12.0. The van der Waals surface area contributed by atoms with Gasteiger partial charge >= 0.3 is 6.61 Å². The molecule has 2 unspecified atom stereocenters. The summed E-state index contributed by atoms with van der Waals surface area (Å²) in [4.78, 5) is 0. The first-order valence-electron chi connectivity index (χ1n) is 7.48.